The molecule has 10 nitrogen and oxygen atoms in total. The Kier molecular flexibility index (Phi) is 7.83. The lowest BCUT2D eigenvalue weighted by Gasteiger charge is -2.34. The van der Waals surface area contributed by atoms with Crippen molar-refractivity contribution in [2.24, 2.45) is 0 Å². The Morgan fingerprint density at radius 1 is 1.05 bits per heavy atom. The third-order valence-corrected chi connectivity index (χ3v) is 9.20. The zero-order valence-electron chi connectivity index (χ0n) is 22.5. The number of amides is 1. The summed E-state index contributed by atoms with van der Waals surface area (Å²) in [6.45, 7) is 11.5. The summed E-state index contributed by atoms with van der Waals surface area (Å²) in [6.07, 6.45) is -0.792. The first-order chi connectivity index (χ1) is 18.9. The summed E-state index contributed by atoms with van der Waals surface area (Å²) >= 11 is 7.63. The molecule has 2 atom stereocenters. The van der Waals surface area contributed by atoms with Gasteiger partial charge in [0, 0.05) is 16.3 Å². The number of ether oxygens (including phenoxy) is 3. The molecule has 4 aromatic heterocycles. The molecule has 14 heteroatoms. The molecule has 40 heavy (non-hydrogen) atoms. The number of thiazole rings is 3. The van der Waals surface area contributed by atoms with Crippen molar-refractivity contribution in [2.45, 2.75) is 65.0 Å². The molecule has 0 N–H and O–H groups in total. The fourth-order valence-corrected chi connectivity index (χ4v) is 7.37. The lowest BCUT2D eigenvalue weighted by Crippen LogP contribution is -2.47. The number of aromatic nitrogens is 4. The molecule has 0 aliphatic carbocycles. The van der Waals surface area contributed by atoms with Gasteiger partial charge in [0.25, 0.3) is 6.47 Å². The van der Waals surface area contributed by atoms with E-state index in [0.29, 0.717) is 33.6 Å². The largest absolute Gasteiger partial charge is 0.444 e. The van der Waals surface area contributed by atoms with Crippen molar-refractivity contribution in [3.63, 3.8) is 0 Å². The molecular weight excluding hydrogens is 638 g/mol. The summed E-state index contributed by atoms with van der Waals surface area (Å²) < 4.78 is 17.6. The van der Waals surface area contributed by atoms with Crippen LogP contribution in [0.5, 0.6) is 5.88 Å². The normalized spacial score (nSPS) is 18.6. The number of carbonyl (C=O) groups is 2. The second kappa shape index (κ2) is 10.9. The molecule has 210 valence electrons. The van der Waals surface area contributed by atoms with Crippen LogP contribution in [0.15, 0.2) is 32.9 Å². The average molecular weight is 665 g/mol. The Morgan fingerprint density at radius 2 is 1.80 bits per heavy atom. The number of hydrogen-bond donors (Lipinski definition) is 0. The monoisotopic (exact) mass is 663 g/mol. The Bertz CT molecular complexity index is 1560. The third kappa shape index (κ3) is 5.81. The summed E-state index contributed by atoms with van der Waals surface area (Å²) in [5, 5.41) is 7.52. The highest BCUT2D eigenvalue weighted by atomic mass is 79.9. The van der Waals surface area contributed by atoms with Crippen LogP contribution in [0.4, 0.5) is 4.79 Å². The second-order valence-corrected chi connectivity index (χ2v) is 13.8. The first kappa shape index (κ1) is 28.7. The highest BCUT2D eigenvalue weighted by Gasteiger charge is 2.51. The van der Waals surface area contributed by atoms with Crippen LogP contribution in [0.25, 0.3) is 32.7 Å². The van der Waals surface area contributed by atoms with Crippen LogP contribution in [0.2, 0.25) is 0 Å². The molecule has 1 saturated heterocycles. The van der Waals surface area contributed by atoms with Crippen LogP contribution in [0.3, 0.4) is 0 Å². The summed E-state index contributed by atoms with van der Waals surface area (Å²) in [4.78, 5) is 44.6. The first-order valence-corrected chi connectivity index (χ1v) is 15.6. The first-order valence-electron chi connectivity index (χ1n) is 12.2. The summed E-state index contributed by atoms with van der Waals surface area (Å²) in [6, 6.07) is 3.32. The van der Waals surface area contributed by atoms with Gasteiger partial charge in [-0.25, -0.2) is 24.7 Å². The summed E-state index contributed by atoms with van der Waals surface area (Å²) in [7, 11) is 0. The maximum Gasteiger partial charge on any atom is 0.413 e. The highest BCUT2D eigenvalue weighted by Crippen LogP contribution is 2.45. The van der Waals surface area contributed by atoms with Crippen LogP contribution in [0, 0.1) is 0 Å². The van der Waals surface area contributed by atoms with E-state index in [1.165, 1.54) is 34.0 Å². The number of rotatable bonds is 6. The van der Waals surface area contributed by atoms with E-state index < -0.39 is 23.5 Å². The topological polar surface area (TPSA) is 117 Å². The van der Waals surface area contributed by atoms with Crippen LogP contribution >= 0.6 is 49.9 Å². The van der Waals surface area contributed by atoms with Crippen molar-refractivity contribution in [1.82, 2.24) is 24.8 Å². The third-order valence-electron chi connectivity index (χ3n) is 5.86. The van der Waals surface area contributed by atoms with Gasteiger partial charge in [-0.15, -0.1) is 34.0 Å². The minimum Gasteiger partial charge on any atom is -0.444 e. The van der Waals surface area contributed by atoms with Crippen molar-refractivity contribution in [3.05, 3.63) is 37.9 Å². The Morgan fingerprint density at radius 3 is 2.48 bits per heavy atom. The lowest BCUT2D eigenvalue weighted by atomic mass is 10.1. The van der Waals surface area contributed by atoms with Crippen LogP contribution in [-0.2, 0) is 14.3 Å². The Hall–Kier alpha value is -2.78. The minimum atomic E-state index is -0.893. The standard InChI is InChI=1S/C26H26BrN5O5S3/c1-13-20(32(26(5,6)36-13)24(34)37-25(2,3)4)23-29-16(9-38-23)19-14(21-31-18(11-40-21)35-12-33)7-8-15(28-19)22-30-17(27)10-39-22/h7-13,20H,1-6H3/t13-,20+/m1/s1. The van der Waals surface area contributed by atoms with Gasteiger partial charge in [0.15, 0.2) is 0 Å². The van der Waals surface area contributed by atoms with Gasteiger partial charge in [0.05, 0.1) is 17.2 Å². The number of nitrogens with zero attached hydrogens (tertiary/aromatic N) is 5. The molecule has 0 aromatic carbocycles. The molecule has 0 bridgehead atoms. The van der Waals surface area contributed by atoms with E-state index in [9.17, 15) is 9.59 Å². The molecule has 1 amide bonds. The molecular formula is C26H26BrN5O5S3. The van der Waals surface area contributed by atoms with Gasteiger partial charge in [-0.05, 0) is 69.6 Å². The Balaban J connectivity index is 1.58. The zero-order chi connectivity index (χ0) is 28.8. The molecule has 1 fully saturated rings. The minimum absolute atomic E-state index is 0.208. The molecule has 5 heterocycles. The fourth-order valence-electron chi connectivity index (χ4n) is 4.41. The predicted octanol–water partition coefficient (Wildman–Crippen LogP) is 7.18. The molecule has 4 aromatic rings. The maximum absolute atomic E-state index is 13.3. The lowest BCUT2D eigenvalue weighted by molar-refractivity contribution is -0.120. The van der Waals surface area contributed by atoms with E-state index >= 15 is 0 Å². The van der Waals surface area contributed by atoms with E-state index in [1.54, 1.807) is 10.3 Å². The van der Waals surface area contributed by atoms with Crippen LogP contribution in [-0.4, -0.2) is 54.8 Å². The van der Waals surface area contributed by atoms with Crippen molar-refractivity contribution in [2.75, 3.05) is 0 Å². The molecule has 5 rings (SSSR count). The van der Waals surface area contributed by atoms with Crippen LogP contribution < -0.4 is 4.74 Å². The van der Waals surface area contributed by atoms with E-state index in [1.807, 2.05) is 64.4 Å². The second-order valence-electron chi connectivity index (χ2n) is 10.4. The molecule has 0 saturated carbocycles. The van der Waals surface area contributed by atoms with E-state index in [4.69, 9.17) is 24.2 Å². The van der Waals surface area contributed by atoms with Gasteiger partial charge in [-0.3, -0.25) is 9.69 Å². The molecule has 0 spiro atoms. The van der Waals surface area contributed by atoms with Gasteiger partial charge in [-0.1, -0.05) is 0 Å². The number of pyridine rings is 1. The number of hydrogen-bond acceptors (Lipinski definition) is 12. The van der Waals surface area contributed by atoms with Gasteiger partial charge < -0.3 is 14.2 Å². The van der Waals surface area contributed by atoms with Crippen molar-refractivity contribution in [1.29, 1.82) is 0 Å². The number of carbonyl (C=O) groups excluding carboxylic acids is 2. The van der Waals surface area contributed by atoms with Gasteiger partial charge in [0.2, 0.25) is 5.88 Å². The quantitative estimate of drug-likeness (QED) is 0.198. The Labute approximate surface area is 251 Å². The number of halogens is 1. The molecule has 0 radical (unpaired) electrons. The van der Waals surface area contributed by atoms with E-state index in [0.717, 1.165) is 15.2 Å². The molecule has 1 aliphatic rings. The predicted molar refractivity (Wildman–Crippen MR) is 157 cm³/mol. The van der Waals surface area contributed by atoms with Gasteiger partial charge >= 0.3 is 6.09 Å². The SMILES string of the molecule is C[C@H]1OC(C)(C)N(C(=O)OC(C)(C)C)[C@@H]1c1nc(-c2nc(-c3nc(Br)cs3)ccc2-c2nc(OC=O)cs2)cs1. The summed E-state index contributed by atoms with van der Waals surface area (Å²) in [5.41, 5.74) is 1.05. The maximum atomic E-state index is 13.3. The van der Waals surface area contributed by atoms with Gasteiger partial charge in [0.1, 0.15) is 48.4 Å². The average Bonchev–Trinajstić information content (AvgIpc) is 3.64. The zero-order valence-corrected chi connectivity index (χ0v) is 26.5. The smallest absolute Gasteiger partial charge is 0.413 e. The van der Waals surface area contributed by atoms with Crippen LogP contribution in [0.1, 0.15) is 52.6 Å². The molecule has 0 unspecified atom stereocenters. The fraction of sp³-hybridized carbons (Fsp3) is 0.385. The van der Waals surface area contributed by atoms with Crippen molar-refractivity contribution < 1.29 is 23.8 Å². The van der Waals surface area contributed by atoms with E-state index in [2.05, 4.69) is 25.9 Å². The van der Waals surface area contributed by atoms with Crippen molar-refractivity contribution >= 4 is 62.5 Å². The summed E-state index contributed by atoms with van der Waals surface area (Å²) in [5.74, 6) is 0.208. The van der Waals surface area contributed by atoms with Gasteiger partial charge in [-0.2, -0.15) is 0 Å². The highest BCUT2D eigenvalue weighted by molar-refractivity contribution is 9.10. The van der Waals surface area contributed by atoms with Crippen molar-refractivity contribution in [3.8, 4) is 38.5 Å². The molecule has 1 aliphatic heterocycles. The van der Waals surface area contributed by atoms with E-state index in [-0.39, 0.29) is 12.0 Å².